The van der Waals surface area contributed by atoms with Crippen molar-refractivity contribution < 1.29 is 82.4 Å². The zero-order valence-electron chi connectivity index (χ0n) is 18.7. The monoisotopic (exact) mass is 475 g/mol. The molecule has 158 valence electrons. The SMILES string of the molecule is Cc1ccc2c(N3CCC(C)CC3)nc(-c3c(F)cccc3OP(=O)([O-])[O-])nc2c1.[Na+].[Na+]. The quantitative estimate of drug-likeness (QED) is 0.297. The summed E-state index contributed by atoms with van der Waals surface area (Å²) in [5, 5.41) is 0.830. The second kappa shape index (κ2) is 11.3. The first-order valence-corrected chi connectivity index (χ1v) is 11.2. The van der Waals surface area contributed by atoms with Gasteiger partial charge in [-0.05, 0) is 55.5 Å². The van der Waals surface area contributed by atoms with Gasteiger partial charge >= 0.3 is 59.1 Å². The molecule has 4 rings (SSSR count). The zero-order chi connectivity index (χ0) is 21.5. The van der Waals surface area contributed by atoms with Crippen LogP contribution >= 0.6 is 7.82 Å². The van der Waals surface area contributed by atoms with Crippen molar-refractivity contribution in [3.8, 4) is 17.1 Å². The number of anilines is 1. The Morgan fingerprint density at radius 1 is 1.12 bits per heavy atom. The fourth-order valence-corrected chi connectivity index (χ4v) is 4.11. The van der Waals surface area contributed by atoms with Crippen LogP contribution in [0.2, 0.25) is 0 Å². The first kappa shape index (κ1) is 27.7. The molecule has 0 unspecified atom stereocenters. The van der Waals surface area contributed by atoms with E-state index in [1.165, 1.54) is 12.1 Å². The van der Waals surface area contributed by atoms with Gasteiger partial charge in [0.1, 0.15) is 25.2 Å². The minimum absolute atomic E-state index is 0. The van der Waals surface area contributed by atoms with E-state index >= 15 is 0 Å². The van der Waals surface area contributed by atoms with Gasteiger partial charge < -0.3 is 23.8 Å². The van der Waals surface area contributed by atoms with Gasteiger partial charge in [0, 0.05) is 18.5 Å². The Kier molecular flexibility index (Phi) is 9.75. The van der Waals surface area contributed by atoms with E-state index in [-0.39, 0.29) is 70.5 Å². The third-order valence-corrected chi connectivity index (χ3v) is 5.74. The van der Waals surface area contributed by atoms with Gasteiger partial charge in [-0.2, -0.15) is 0 Å². The molecule has 0 spiro atoms. The molecule has 0 saturated carbocycles. The van der Waals surface area contributed by atoms with Crippen LogP contribution in [-0.2, 0) is 4.57 Å². The standard InChI is InChI=1S/C21H23FN3O4P.2Na/c1-13-8-10-25(11-9-13)21-15-7-6-14(2)12-17(15)23-20(24-21)19-16(22)4-3-5-18(19)29-30(26,27)28;;/h3-7,12-13H,8-11H2,1-2H3,(H2,26,27,28);;/q;2*+1/p-2. The Morgan fingerprint density at radius 2 is 1.81 bits per heavy atom. The molecule has 1 aromatic heterocycles. The maximum Gasteiger partial charge on any atom is 1.00 e. The average molecular weight is 475 g/mol. The number of phosphoric ester groups is 1. The summed E-state index contributed by atoms with van der Waals surface area (Å²) in [5.41, 5.74) is 1.33. The Labute approximate surface area is 230 Å². The first-order chi connectivity index (χ1) is 14.2. The van der Waals surface area contributed by atoms with E-state index in [4.69, 9.17) is 0 Å². The largest absolute Gasteiger partial charge is 1.00 e. The number of benzene rings is 2. The normalized spacial score (nSPS) is 14.6. The maximum absolute atomic E-state index is 14.7. The first-order valence-electron chi connectivity index (χ1n) is 9.75. The number of hydrogen-bond donors (Lipinski definition) is 0. The molecule has 1 fully saturated rings. The summed E-state index contributed by atoms with van der Waals surface area (Å²) in [7, 11) is -5.39. The van der Waals surface area contributed by atoms with Gasteiger partial charge in [0.25, 0.3) is 0 Å². The molecule has 0 aliphatic carbocycles. The molecule has 1 aliphatic rings. The molecule has 2 heterocycles. The number of fused-ring (bicyclic) bond motifs is 1. The average Bonchev–Trinajstić information content (AvgIpc) is 2.66. The van der Waals surface area contributed by atoms with Gasteiger partial charge in [-0.15, -0.1) is 0 Å². The third kappa shape index (κ3) is 6.32. The van der Waals surface area contributed by atoms with E-state index in [0.717, 1.165) is 42.9 Å². The molecule has 0 bridgehead atoms. The van der Waals surface area contributed by atoms with E-state index in [9.17, 15) is 18.7 Å². The van der Waals surface area contributed by atoms with Crippen LogP contribution in [0.4, 0.5) is 10.2 Å². The minimum atomic E-state index is -5.39. The molecule has 0 radical (unpaired) electrons. The number of aryl methyl sites for hydroxylation is 1. The van der Waals surface area contributed by atoms with Gasteiger partial charge in [-0.1, -0.05) is 19.1 Å². The Hall–Kier alpha value is -0.540. The molecule has 0 atom stereocenters. The van der Waals surface area contributed by atoms with E-state index in [2.05, 4.69) is 26.3 Å². The molecular weight excluding hydrogens is 454 g/mol. The van der Waals surface area contributed by atoms with Crippen molar-refractivity contribution in [2.75, 3.05) is 18.0 Å². The number of hydrogen-bond acceptors (Lipinski definition) is 7. The van der Waals surface area contributed by atoms with Crippen molar-refractivity contribution in [2.45, 2.75) is 26.7 Å². The van der Waals surface area contributed by atoms with Gasteiger partial charge in [0.2, 0.25) is 0 Å². The van der Waals surface area contributed by atoms with Gasteiger partial charge in [0.05, 0.1) is 11.1 Å². The van der Waals surface area contributed by atoms with E-state index in [1.54, 1.807) is 0 Å². The van der Waals surface area contributed by atoms with Crippen LogP contribution in [0.5, 0.6) is 5.75 Å². The topological polar surface area (TPSA) is 101 Å². The summed E-state index contributed by atoms with van der Waals surface area (Å²) in [6.07, 6.45) is 2.02. The molecule has 1 saturated heterocycles. The number of nitrogens with zero attached hydrogens (tertiary/aromatic N) is 3. The van der Waals surface area contributed by atoms with E-state index < -0.39 is 19.4 Å². The van der Waals surface area contributed by atoms with Crippen molar-refractivity contribution in [3.63, 3.8) is 0 Å². The van der Waals surface area contributed by atoms with Crippen molar-refractivity contribution >= 4 is 24.5 Å². The van der Waals surface area contributed by atoms with Crippen molar-refractivity contribution in [1.82, 2.24) is 9.97 Å². The van der Waals surface area contributed by atoms with Crippen LogP contribution in [0.1, 0.15) is 25.3 Å². The third-order valence-electron chi connectivity index (χ3n) is 5.32. The fourth-order valence-electron chi connectivity index (χ4n) is 3.71. The predicted molar refractivity (Wildman–Crippen MR) is 109 cm³/mol. The number of piperidine rings is 1. The minimum Gasteiger partial charge on any atom is -0.780 e. The molecule has 0 N–H and O–H groups in total. The molecule has 1 aliphatic heterocycles. The molecule has 0 amide bonds. The Bertz CT molecular complexity index is 1150. The summed E-state index contributed by atoms with van der Waals surface area (Å²) in [4.78, 5) is 33.6. The van der Waals surface area contributed by atoms with Crippen LogP contribution in [0, 0.1) is 18.7 Å². The number of phosphoric acid groups is 1. The smallest absolute Gasteiger partial charge is 0.780 e. The summed E-state index contributed by atoms with van der Waals surface area (Å²) in [6, 6.07) is 9.39. The second-order valence-corrected chi connectivity index (χ2v) is 8.79. The van der Waals surface area contributed by atoms with Crippen molar-refractivity contribution in [2.24, 2.45) is 5.92 Å². The Morgan fingerprint density at radius 3 is 2.47 bits per heavy atom. The summed E-state index contributed by atoms with van der Waals surface area (Å²) in [6.45, 7) is 5.73. The van der Waals surface area contributed by atoms with Crippen LogP contribution in [-0.4, -0.2) is 23.1 Å². The number of halogens is 1. The Balaban J connectivity index is 0.00000181. The van der Waals surface area contributed by atoms with E-state index in [1.807, 2.05) is 25.1 Å². The number of rotatable bonds is 4. The summed E-state index contributed by atoms with van der Waals surface area (Å²) < 4.78 is 30.4. The predicted octanol–water partition coefficient (Wildman–Crippen LogP) is -2.80. The molecule has 11 heteroatoms. The fraction of sp³-hybridized carbons (Fsp3) is 0.333. The number of aromatic nitrogens is 2. The van der Waals surface area contributed by atoms with Crippen LogP contribution in [0.3, 0.4) is 0 Å². The van der Waals surface area contributed by atoms with Gasteiger partial charge in [-0.25, -0.2) is 14.4 Å². The maximum atomic E-state index is 14.7. The van der Waals surface area contributed by atoms with Crippen molar-refractivity contribution in [3.05, 3.63) is 47.8 Å². The van der Waals surface area contributed by atoms with Gasteiger partial charge in [-0.3, -0.25) is 0 Å². The van der Waals surface area contributed by atoms with Crippen LogP contribution in [0.15, 0.2) is 36.4 Å². The van der Waals surface area contributed by atoms with Crippen molar-refractivity contribution in [1.29, 1.82) is 0 Å². The summed E-state index contributed by atoms with van der Waals surface area (Å²) >= 11 is 0. The summed E-state index contributed by atoms with van der Waals surface area (Å²) in [5.74, 6) is 0.0532. The molecular formula is C21H21FN3Na2O4P. The van der Waals surface area contributed by atoms with Gasteiger partial charge in [0.15, 0.2) is 5.82 Å². The van der Waals surface area contributed by atoms with E-state index in [0.29, 0.717) is 17.3 Å². The molecule has 7 nitrogen and oxygen atoms in total. The molecule has 2 aromatic carbocycles. The second-order valence-electron chi connectivity index (χ2n) is 7.71. The van der Waals surface area contributed by atoms with Crippen LogP contribution < -0.4 is 78.3 Å². The molecule has 3 aromatic rings. The zero-order valence-corrected chi connectivity index (χ0v) is 23.6. The molecule has 32 heavy (non-hydrogen) atoms. The van der Waals surface area contributed by atoms with Crippen LogP contribution in [0.25, 0.3) is 22.3 Å².